The van der Waals surface area contributed by atoms with Crippen LogP contribution in [0.4, 0.5) is 20.2 Å². The number of nitrogens with zero attached hydrogens (tertiary/aromatic N) is 2. The van der Waals surface area contributed by atoms with E-state index in [1.807, 2.05) is 54.3 Å². The third-order valence-electron chi connectivity index (χ3n) is 9.38. The van der Waals surface area contributed by atoms with Crippen LogP contribution in [-0.2, 0) is 11.2 Å². The van der Waals surface area contributed by atoms with Crippen LogP contribution in [0.15, 0.2) is 73.4 Å². The van der Waals surface area contributed by atoms with Crippen molar-refractivity contribution in [2.24, 2.45) is 5.92 Å². The van der Waals surface area contributed by atoms with Crippen LogP contribution < -0.4 is 10.1 Å². The number of likely N-dealkylation sites (tertiary alicyclic amines) is 1. The molecule has 0 unspecified atom stereocenters. The Morgan fingerprint density at radius 1 is 1.02 bits per heavy atom. The van der Waals surface area contributed by atoms with Crippen molar-refractivity contribution in [1.29, 1.82) is 5.41 Å². The number of hydrogen-bond acceptors (Lipinski definition) is 6. The Morgan fingerprint density at radius 3 is 2.59 bits per heavy atom. The van der Waals surface area contributed by atoms with Crippen molar-refractivity contribution in [2.75, 3.05) is 25.5 Å². The number of aryl methyl sites for hydroxylation is 1. The Morgan fingerprint density at radius 2 is 1.82 bits per heavy atom. The molecule has 2 aliphatic heterocycles. The molecule has 1 amide bonds. The van der Waals surface area contributed by atoms with Gasteiger partial charge < -0.3 is 20.4 Å². The first-order chi connectivity index (χ1) is 23.7. The number of hydrogen-bond donors (Lipinski definition) is 2. The Kier molecular flexibility index (Phi) is 11.9. The third kappa shape index (κ3) is 8.39. The van der Waals surface area contributed by atoms with E-state index < -0.39 is 11.6 Å². The lowest BCUT2D eigenvalue weighted by Crippen LogP contribution is -2.28. The number of halogens is 2. The number of Topliss-reactive ketones (excluding diaryl/α,β-unsaturated/α-hetero) is 1. The lowest BCUT2D eigenvalue weighted by molar-refractivity contribution is -0.130. The van der Waals surface area contributed by atoms with Crippen LogP contribution in [0.2, 0.25) is 0 Å². The first-order valence-electron chi connectivity index (χ1n) is 17.0. The van der Waals surface area contributed by atoms with Crippen LogP contribution in [0.1, 0.15) is 74.2 Å². The minimum absolute atomic E-state index is 0.0971. The average Bonchev–Trinajstić information content (AvgIpc) is 3.72. The van der Waals surface area contributed by atoms with Crippen LogP contribution in [0, 0.1) is 23.0 Å². The summed E-state index contributed by atoms with van der Waals surface area (Å²) in [7, 11) is 1.29. The summed E-state index contributed by atoms with van der Waals surface area (Å²) in [6.07, 6.45) is 9.78. The van der Waals surface area contributed by atoms with Crippen LogP contribution in [0.25, 0.3) is 22.4 Å². The van der Waals surface area contributed by atoms with Crippen molar-refractivity contribution >= 4 is 28.8 Å². The minimum Gasteiger partial charge on any atom is -0.494 e. The Bertz CT molecular complexity index is 1810. The summed E-state index contributed by atoms with van der Waals surface area (Å²) in [5.74, 6) is -1.60. The van der Waals surface area contributed by atoms with E-state index >= 15 is 4.39 Å². The zero-order chi connectivity index (χ0) is 34.9. The highest BCUT2D eigenvalue weighted by atomic mass is 19.2. The van der Waals surface area contributed by atoms with Crippen molar-refractivity contribution < 1.29 is 23.1 Å². The summed E-state index contributed by atoms with van der Waals surface area (Å²) in [6.45, 7) is 7.09. The van der Waals surface area contributed by atoms with Gasteiger partial charge in [0, 0.05) is 65.8 Å². The number of methoxy groups -OCH3 is 1. The second kappa shape index (κ2) is 16.5. The van der Waals surface area contributed by atoms with Crippen molar-refractivity contribution in [2.45, 2.75) is 64.7 Å². The van der Waals surface area contributed by atoms with Gasteiger partial charge in [0.25, 0.3) is 0 Å². The van der Waals surface area contributed by atoms with Crippen LogP contribution in [0.5, 0.6) is 5.75 Å². The zero-order valence-corrected chi connectivity index (χ0v) is 28.3. The number of allylic oxidation sites excluding steroid dienone is 1. The number of amides is 1. The molecule has 2 N–H and O–H groups in total. The maximum atomic E-state index is 15.0. The quantitative estimate of drug-likeness (QED) is 0.0706. The van der Waals surface area contributed by atoms with E-state index in [-0.39, 0.29) is 23.0 Å². The molecule has 49 heavy (non-hydrogen) atoms. The number of unbranched alkanes of at least 4 members (excludes halogenated alkanes) is 2. The molecule has 1 saturated heterocycles. The molecule has 0 radical (unpaired) electrons. The number of anilines is 2. The number of ether oxygens (including phenoxy) is 1. The highest BCUT2D eigenvalue weighted by Gasteiger charge is 2.27. The molecule has 256 valence electrons. The number of benzene rings is 2. The van der Waals surface area contributed by atoms with Gasteiger partial charge in [-0.05, 0) is 92.5 Å². The maximum Gasteiger partial charge on any atom is 0.222 e. The van der Waals surface area contributed by atoms with E-state index in [1.165, 1.54) is 19.2 Å². The molecule has 1 fully saturated rings. The standard InChI is InChI=1S/C40H44F2N4O3/c1-4-27-23-29(45-34-13-10-9-12-32-33(24-44-40(32)34)31-18-20-36(49-3)39(42)38(31)41)16-17-30(27)35(47)19-15-26-21-22-46(25-26)37(48)14-8-6-7-11-28(43)5-2/h5,9-10,12-13,16-18,20,23-24,26,43,45H,2,4,6-8,11,14-15,19,21-22,25H2,1,3H3/t26-/m1/s1. The number of aromatic nitrogens is 1. The van der Waals surface area contributed by atoms with Gasteiger partial charge >= 0.3 is 0 Å². The normalized spacial score (nSPS) is 14.2. The highest BCUT2D eigenvalue weighted by Crippen LogP contribution is 2.40. The molecular formula is C40H44F2N4O3. The van der Waals surface area contributed by atoms with Gasteiger partial charge in [-0.15, -0.1) is 0 Å². The average molecular weight is 667 g/mol. The lowest BCUT2D eigenvalue weighted by atomic mass is 9.94. The zero-order valence-electron chi connectivity index (χ0n) is 28.3. The Labute approximate surface area is 287 Å². The molecular weight excluding hydrogens is 622 g/mol. The Balaban J connectivity index is 1.19. The number of nitrogens with one attached hydrogen (secondary N) is 2. The topological polar surface area (TPSA) is 95.4 Å². The number of fused-ring (bicyclic) bond motifs is 1. The van der Waals surface area contributed by atoms with Crippen molar-refractivity contribution in [1.82, 2.24) is 9.88 Å². The number of carbonyl (C=O) groups is 2. The molecule has 3 aliphatic rings. The Hall–Kier alpha value is -4.92. The summed E-state index contributed by atoms with van der Waals surface area (Å²) in [5, 5.41) is 11.1. The molecule has 2 aromatic rings. The monoisotopic (exact) mass is 666 g/mol. The van der Waals surface area contributed by atoms with Gasteiger partial charge in [0.1, 0.15) is 0 Å². The van der Waals surface area contributed by atoms with E-state index in [4.69, 9.17) is 10.1 Å². The third-order valence-corrected chi connectivity index (χ3v) is 9.38. The first kappa shape index (κ1) is 35.4. The van der Waals surface area contributed by atoms with E-state index in [2.05, 4.69) is 16.9 Å². The predicted octanol–water partition coefficient (Wildman–Crippen LogP) is 9.41. The van der Waals surface area contributed by atoms with Crippen molar-refractivity contribution in [3.05, 3.63) is 96.2 Å². The maximum absolute atomic E-state index is 15.0. The smallest absolute Gasteiger partial charge is 0.222 e. The van der Waals surface area contributed by atoms with E-state index in [9.17, 15) is 14.0 Å². The van der Waals surface area contributed by atoms with Gasteiger partial charge in [-0.1, -0.05) is 38.1 Å². The van der Waals surface area contributed by atoms with E-state index in [1.54, 1.807) is 12.3 Å². The molecule has 0 saturated carbocycles. The van der Waals surface area contributed by atoms with Crippen molar-refractivity contribution in [3.63, 3.8) is 0 Å². The highest BCUT2D eigenvalue weighted by molar-refractivity contribution is 5.98. The number of carbonyl (C=O) groups excluding carboxylic acids is 2. The molecule has 1 aliphatic carbocycles. The van der Waals surface area contributed by atoms with Gasteiger partial charge in [0.2, 0.25) is 11.7 Å². The molecule has 7 nitrogen and oxygen atoms in total. The largest absolute Gasteiger partial charge is 0.494 e. The summed E-state index contributed by atoms with van der Waals surface area (Å²) in [5.41, 5.74) is 5.49. The van der Waals surface area contributed by atoms with Gasteiger partial charge in [-0.3, -0.25) is 14.6 Å². The van der Waals surface area contributed by atoms with Gasteiger partial charge in [-0.2, -0.15) is 4.39 Å². The SMILES string of the molecule is C=CC(=N)CCCCCC(=O)N1CC[C@@H](CCC(=O)c2ccc(Nc3ccccc4c(-c5ccc(OC)c(F)c5F)cnc3-4)cc2CC)C1. The molecule has 2 aromatic carbocycles. The fourth-order valence-corrected chi connectivity index (χ4v) is 6.56. The van der Waals surface area contributed by atoms with Gasteiger partial charge in [0.15, 0.2) is 17.3 Å². The minimum atomic E-state index is -1.05. The summed E-state index contributed by atoms with van der Waals surface area (Å²) in [6, 6.07) is 16.0. The fourth-order valence-electron chi connectivity index (χ4n) is 6.56. The second-order valence-electron chi connectivity index (χ2n) is 12.6. The molecule has 5 rings (SSSR count). The molecule has 0 aromatic heterocycles. The van der Waals surface area contributed by atoms with E-state index in [0.717, 1.165) is 49.9 Å². The summed E-state index contributed by atoms with van der Waals surface area (Å²) in [4.78, 5) is 32.6. The molecule has 0 spiro atoms. The second-order valence-corrected chi connectivity index (χ2v) is 12.6. The molecule has 2 heterocycles. The summed E-state index contributed by atoms with van der Waals surface area (Å²) < 4.78 is 34.5. The van der Waals surface area contributed by atoms with E-state index in [0.29, 0.717) is 71.9 Å². The van der Waals surface area contributed by atoms with Gasteiger partial charge in [0.05, 0.1) is 18.5 Å². The number of ketones is 1. The fraction of sp³-hybridized carbons (Fsp3) is 0.350. The summed E-state index contributed by atoms with van der Waals surface area (Å²) >= 11 is 0. The molecule has 0 bridgehead atoms. The first-order valence-corrected chi connectivity index (χ1v) is 17.0. The van der Waals surface area contributed by atoms with Crippen LogP contribution >= 0.6 is 0 Å². The predicted molar refractivity (Wildman–Crippen MR) is 191 cm³/mol. The molecule has 9 heteroatoms. The van der Waals surface area contributed by atoms with Crippen LogP contribution in [0.3, 0.4) is 0 Å². The number of rotatable bonds is 16. The van der Waals surface area contributed by atoms with Crippen molar-refractivity contribution in [3.8, 4) is 28.1 Å². The lowest BCUT2D eigenvalue weighted by Gasteiger charge is -2.17. The molecule has 1 atom stereocenters. The van der Waals surface area contributed by atoms with Gasteiger partial charge in [-0.25, -0.2) is 4.39 Å². The van der Waals surface area contributed by atoms with Crippen LogP contribution in [-0.4, -0.2) is 47.5 Å².